The van der Waals surface area contributed by atoms with E-state index < -0.39 is 46.2 Å². The third kappa shape index (κ3) is 2.94. The summed E-state index contributed by atoms with van der Waals surface area (Å²) >= 11 is 0.594. The Kier molecular flexibility index (Phi) is 4.36. The van der Waals surface area contributed by atoms with Crippen molar-refractivity contribution in [3.8, 4) is 0 Å². The van der Waals surface area contributed by atoms with Crippen LogP contribution in [0.25, 0.3) is 0 Å². The lowest BCUT2D eigenvalue weighted by molar-refractivity contribution is 0.372. The molecule has 21 heavy (non-hydrogen) atoms. The Morgan fingerprint density at radius 2 is 1.33 bits per heavy atom. The molecule has 0 heterocycles. The Labute approximate surface area is 119 Å². The molecule has 0 aliphatic rings. The number of hydrogen-bond donors (Lipinski definition) is 1. The van der Waals surface area contributed by atoms with E-state index in [0.29, 0.717) is 11.8 Å². The van der Waals surface area contributed by atoms with E-state index in [9.17, 15) is 26.3 Å². The molecule has 2 aromatic carbocycles. The maximum absolute atomic E-state index is 13.5. The van der Waals surface area contributed by atoms with Crippen LogP contribution in [-0.4, -0.2) is 0 Å². The minimum atomic E-state index is -2.22. The van der Waals surface area contributed by atoms with Crippen LogP contribution >= 0.6 is 11.8 Å². The maximum Gasteiger partial charge on any atom is 0.200 e. The molecule has 0 atom stereocenters. The summed E-state index contributed by atoms with van der Waals surface area (Å²) < 4.78 is 79.2. The van der Waals surface area contributed by atoms with Gasteiger partial charge in [0, 0.05) is 21.9 Å². The molecular weight excluding hydrogens is 316 g/mol. The zero-order chi connectivity index (χ0) is 15.7. The van der Waals surface area contributed by atoms with E-state index in [1.54, 1.807) is 0 Å². The Morgan fingerprint density at radius 3 is 1.86 bits per heavy atom. The van der Waals surface area contributed by atoms with Gasteiger partial charge in [-0.2, -0.15) is 0 Å². The summed E-state index contributed by atoms with van der Waals surface area (Å²) in [4.78, 5) is -0.0202. The molecule has 0 amide bonds. The number of benzene rings is 2. The molecule has 0 aromatic heterocycles. The highest BCUT2D eigenvalue weighted by Gasteiger charge is 2.25. The van der Waals surface area contributed by atoms with Gasteiger partial charge in [0.05, 0.1) is 0 Å². The van der Waals surface area contributed by atoms with Crippen molar-refractivity contribution in [2.75, 3.05) is 5.73 Å². The van der Waals surface area contributed by atoms with E-state index >= 15 is 0 Å². The van der Waals surface area contributed by atoms with Gasteiger partial charge in [-0.15, -0.1) is 11.8 Å². The van der Waals surface area contributed by atoms with Gasteiger partial charge in [-0.1, -0.05) is 0 Å². The Bertz CT molecular complexity index is 675. The van der Waals surface area contributed by atoms with E-state index in [-0.39, 0.29) is 10.6 Å². The van der Waals surface area contributed by atoms with Crippen LogP contribution in [0, 0.1) is 34.9 Å². The Hall–Kier alpha value is -1.83. The predicted molar refractivity (Wildman–Crippen MR) is 66.6 cm³/mol. The molecule has 0 bridgehead atoms. The van der Waals surface area contributed by atoms with Crippen molar-refractivity contribution in [1.82, 2.24) is 0 Å². The first kappa shape index (κ1) is 15.6. The molecule has 2 N–H and O–H groups in total. The fraction of sp³-hybridized carbons (Fsp3) is 0.0769. The average Bonchev–Trinajstić information content (AvgIpc) is 2.45. The fourth-order valence-electron chi connectivity index (χ4n) is 1.56. The topological polar surface area (TPSA) is 26.0 Å². The number of anilines is 1. The van der Waals surface area contributed by atoms with Crippen LogP contribution in [0.5, 0.6) is 0 Å². The van der Waals surface area contributed by atoms with Crippen LogP contribution in [0.4, 0.5) is 32.0 Å². The van der Waals surface area contributed by atoms with Crippen LogP contribution in [0.15, 0.2) is 23.1 Å². The first-order valence-corrected chi connectivity index (χ1v) is 6.49. The highest BCUT2D eigenvalue weighted by Crippen LogP contribution is 2.31. The number of halogens is 6. The summed E-state index contributed by atoms with van der Waals surface area (Å²) in [5, 5.41) is 0. The minimum absolute atomic E-state index is 0.0202. The van der Waals surface area contributed by atoms with Gasteiger partial charge in [-0.05, 0) is 18.2 Å². The lowest BCUT2D eigenvalue weighted by atomic mass is 10.2. The molecule has 0 unspecified atom stereocenters. The van der Waals surface area contributed by atoms with Crippen molar-refractivity contribution < 1.29 is 26.3 Å². The molecule has 0 radical (unpaired) electrons. The summed E-state index contributed by atoms with van der Waals surface area (Å²) in [5.74, 6) is -11.5. The molecule has 0 saturated carbocycles. The van der Waals surface area contributed by atoms with E-state index in [4.69, 9.17) is 5.73 Å². The van der Waals surface area contributed by atoms with Crippen LogP contribution in [0.3, 0.4) is 0 Å². The lowest BCUT2D eigenvalue weighted by Gasteiger charge is -2.08. The van der Waals surface area contributed by atoms with Crippen LogP contribution in [0.1, 0.15) is 5.56 Å². The van der Waals surface area contributed by atoms with Crippen molar-refractivity contribution in [3.63, 3.8) is 0 Å². The molecular formula is C13H7F6NS. The standard InChI is InChI=1S/C13H7F6NS/c14-7-3-5(20)1-2-8(7)21-4-6-9(15)11(17)13(19)12(18)10(6)16/h1-3H,4,20H2. The summed E-state index contributed by atoms with van der Waals surface area (Å²) in [7, 11) is 0. The monoisotopic (exact) mass is 323 g/mol. The van der Waals surface area contributed by atoms with Gasteiger partial charge in [0.2, 0.25) is 5.82 Å². The molecule has 112 valence electrons. The van der Waals surface area contributed by atoms with Gasteiger partial charge < -0.3 is 5.73 Å². The van der Waals surface area contributed by atoms with Crippen molar-refractivity contribution in [2.24, 2.45) is 0 Å². The predicted octanol–water partition coefficient (Wildman–Crippen LogP) is 4.40. The molecule has 2 aromatic rings. The van der Waals surface area contributed by atoms with E-state index in [0.717, 1.165) is 6.07 Å². The highest BCUT2D eigenvalue weighted by atomic mass is 32.2. The van der Waals surface area contributed by atoms with Gasteiger partial charge in [0.25, 0.3) is 0 Å². The van der Waals surface area contributed by atoms with Crippen LogP contribution < -0.4 is 5.73 Å². The summed E-state index contributed by atoms with van der Waals surface area (Å²) in [6, 6.07) is 3.59. The lowest BCUT2D eigenvalue weighted by Crippen LogP contribution is -2.06. The van der Waals surface area contributed by atoms with E-state index in [2.05, 4.69) is 0 Å². The second-order valence-corrected chi connectivity index (χ2v) is 5.04. The molecule has 0 spiro atoms. The summed E-state index contributed by atoms with van der Waals surface area (Å²) in [6.07, 6.45) is 0. The quantitative estimate of drug-likeness (QED) is 0.298. The van der Waals surface area contributed by atoms with Gasteiger partial charge in [0.1, 0.15) is 5.82 Å². The second-order valence-electron chi connectivity index (χ2n) is 4.03. The molecule has 1 nitrogen and oxygen atoms in total. The first-order chi connectivity index (χ1) is 9.82. The number of nitrogen functional groups attached to an aromatic ring is 1. The van der Waals surface area contributed by atoms with Crippen molar-refractivity contribution >= 4 is 17.4 Å². The molecule has 2 rings (SSSR count). The van der Waals surface area contributed by atoms with Gasteiger partial charge in [-0.25, -0.2) is 26.3 Å². The Morgan fingerprint density at radius 1 is 0.810 bits per heavy atom. The van der Waals surface area contributed by atoms with Crippen molar-refractivity contribution in [1.29, 1.82) is 0 Å². The number of hydrogen-bond acceptors (Lipinski definition) is 2. The third-order valence-corrected chi connectivity index (χ3v) is 3.70. The van der Waals surface area contributed by atoms with Gasteiger partial charge in [-0.3, -0.25) is 0 Å². The molecule has 0 aliphatic carbocycles. The number of thioether (sulfide) groups is 1. The zero-order valence-corrected chi connectivity index (χ0v) is 11.0. The van der Waals surface area contributed by atoms with Gasteiger partial charge in [0.15, 0.2) is 23.3 Å². The molecule has 0 saturated heterocycles. The normalized spacial score (nSPS) is 11.0. The fourth-order valence-corrected chi connectivity index (χ4v) is 2.48. The SMILES string of the molecule is Nc1ccc(SCc2c(F)c(F)c(F)c(F)c2F)c(F)c1. The van der Waals surface area contributed by atoms with Crippen LogP contribution in [0.2, 0.25) is 0 Å². The van der Waals surface area contributed by atoms with E-state index in [1.165, 1.54) is 12.1 Å². The molecule has 0 fully saturated rings. The smallest absolute Gasteiger partial charge is 0.200 e. The summed E-state index contributed by atoms with van der Waals surface area (Å²) in [6.45, 7) is 0. The first-order valence-electron chi connectivity index (χ1n) is 5.51. The Balaban J connectivity index is 2.32. The average molecular weight is 323 g/mol. The number of rotatable bonds is 3. The zero-order valence-electron chi connectivity index (χ0n) is 10.2. The molecule has 0 aliphatic heterocycles. The minimum Gasteiger partial charge on any atom is -0.399 e. The number of nitrogens with two attached hydrogens (primary N) is 1. The highest BCUT2D eigenvalue weighted by molar-refractivity contribution is 7.98. The second kappa shape index (κ2) is 5.88. The van der Waals surface area contributed by atoms with Crippen LogP contribution in [-0.2, 0) is 5.75 Å². The third-order valence-electron chi connectivity index (χ3n) is 2.63. The van der Waals surface area contributed by atoms with Crippen molar-refractivity contribution in [3.05, 3.63) is 58.7 Å². The summed E-state index contributed by atoms with van der Waals surface area (Å²) in [5.41, 5.74) is 4.47. The maximum atomic E-state index is 13.5. The van der Waals surface area contributed by atoms with Gasteiger partial charge >= 0.3 is 0 Å². The van der Waals surface area contributed by atoms with Crippen molar-refractivity contribution in [2.45, 2.75) is 10.6 Å². The molecule has 8 heteroatoms. The van der Waals surface area contributed by atoms with E-state index in [1.807, 2.05) is 0 Å². The largest absolute Gasteiger partial charge is 0.399 e.